The van der Waals surface area contributed by atoms with E-state index >= 15 is 0 Å². The van der Waals surface area contributed by atoms with Crippen LogP contribution in [0.5, 0.6) is 0 Å². The second-order valence-electron chi connectivity index (χ2n) is 4.99. The van der Waals surface area contributed by atoms with E-state index in [2.05, 4.69) is 91.9 Å². The van der Waals surface area contributed by atoms with Gasteiger partial charge in [-0.3, -0.25) is 0 Å². The molecule has 104 valence electrons. The minimum atomic E-state index is -2.15. The predicted molar refractivity (Wildman–Crippen MR) is 93.4 cm³/mol. The number of benzene rings is 3. The van der Waals surface area contributed by atoms with Crippen molar-refractivity contribution in [3.63, 3.8) is 0 Å². The summed E-state index contributed by atoms with van der Waals surface area (Å²) in [6, 6.07) is 31.2. The van der Waals surface area contributed by atoms with Crippen LogP contribution < -0.4 is 9.81 Å². The van der Waals surface area contributed by atoms with Crippen LogP contribution in [0.15, 0.2) is 84.9 Å². The van der Waals surface area contributed by atoms with Gasteiger partial charge in [0.2, 0.25) is 0 Å². The van der Waals surface area contributed by atoms with Crippen LogP contribution in [-0.2, 0) is 6.42 Å². The van der Waals surface area contributed by atoms with Crippen molar-refractivity contribution < 1.29 is 0 Å². The first-order valence-electron chi connectivity index (χ1n) is 7.38. The normalized spacial score (nSPS) is 10.8. The third-order valence-electron chi connectivity index (χ3n) is 3.64. The molecule has 0 saturated heterocycles. The summed E-state index contributed by atoms with van der Waals surface area (Å²) in [6.45, 7) is 2.26. The zero-order valence-electron chi connectivity index (χ0n) is 12.2. The summed E-state index contributed by atoms with van der Waals surface area (Å²) >= 11 is -2.15. The summed E-state index contributed by atoms with van der Waals surface area (Å²) in [5.41, 5.74) is 1.52. The van der Waals surface area contributed by atoms with Gasteiger partial charge in [-0.1, -0.05) is 0 Å². The number of aryl methyl sites for hydroxylation is 1. The van der Waals surface area contributed by atoms with Crippen LogP contribution in [0.4, 0.5) is 0 Å². The van der Waals surface area contributed by atoms with E-state index in [0.29, 0.717) is 0 Å². The van der Waals surface area contributed by atoms with Gasteiger partial charge in [-0.2, -0.15) is 0 Å². The van der Waals surface area contributed by atoms with Gasteiger partial charge >= 0.3 is 135 Å². The second-order valence-corrected chi connectivity index (χ2v) is 13.5. The van der Waals surface area contributed by atoms with Gasteiger partial charge in [0.15, 0.2) is 0 Å². The third-order valence-corrected chi connectivity index (χ3v) is 13.5. The van der Waals surface area contributed by atoms with Gasteiger partial charge in [-0.15, -0.1) is 0 Å². The Bertz CT molecular complexity index is 650. The van der Waals surface area contributed by atoms with Crippen molar-refractivity contribution in [3.05, 3.63) is 90.5 Å². The molecule has 21 heavy (non-hydrogen) atoms. The second kappa shape index (κ2) is 7.00. The molecule has 0 unspecified atom stereocenters. The van der Waals surface area contributed by atoms with Gasteiger partial charge in [-0.05, 0) is 0 Å². The van der Waals surface area contributed by atoms with Gasteiger partial charge in [0.1, 0.15) is 0 Å². The quantitative estimate of drug-likeness (QED) is 0.517. The Morgan fingerprint density at radius 2 is 1.10 bits per heavy atom. The van der Waals surface area contributed by atoms with Crippen LogP contribution in [0.2, 0.25) is 0 Å². The monoisotopic (exact) mass is 468 g/mol. The van der Waals surface area contributed by atoms with Gasteiger partial charge in [0.25, 0.3) is 0 Å². The van der Waals surface area contributed by atoms with Crippen molar-refractivity contribution in [3.8, 4) is 0 Å². The predicted octanol–water partition coefficient (Wildman–Crippen LogP) is 2.77. The van der Waals surface area contributed by atoms with Gasteiger partial charge in [-0.25, -0.2) is 0 Å². The van der Waals surface area contributed by atoms with E-state index in [0.717, 1.165) is 6.42 Å². The summed E-state index contributed by atoms with van der Waals surface area (Å²) in [5.74, 6) is 0. The molecule has 0 heterocycles. The summed E-state index contributed by atoms with van der Waals surface area (Å²) < 4.78 is 4.73. The first-order valence-corrected chi connectivity index (χ1v) is 12.6. The molecular weight excluding hydrogens is 449 g/mol. The zero-order chi connectivity index (χ0) is 14.5. The molecule has 0 saturated carbocycles. The summed E-state index contributed by atoms with van der Waals surface area (Å²) in [7, 11) is 0. The van der Waals surface area contributed by atoms with Crippen molar-refractivity contribution in [1.82, 2.24) is 0 Å². The molecule has 3 rings (SSSR count). The average Bonchev–Trinajstić information content (AvgIpc) is 2.58. The Balaban J connectivity index is 2.17. The summed E-state index contributed by atoms with van der Waals surface area (Å²) in [5, 5.41) is 0. The molecule has 0 atom stereocenters. The molecule has 0 amide bonds. The van der Waals surface area contributed by atoms with Crippen LogP contribution in [-0.4, -0.2) is 21.8 Å². The van der Waals surface area contributed by atoms with Crippen molar-refractivity contribution in [2.45, 2.75) is 13.3 Å². The molecular formula is C20H19Bi. The summed E-state index contributed by atoms with van der Waals surface area (Å²) in [4.78, 5) is 0. The van der Waals surface area contributed by atoms with E-state index in [1.807, 2.05) is 0 Å². The number of rotatable bonds is 4. The van der Waals surface area contributed by atoms with Crippen molar-refractivity contribution in [2.24, 2.45) is 0 Å². The van der Waals surface area contributed by atoms with Gasteiger partial charge in [0, 0.05) is 0 Å². The summed E-state index contributed by atoms with van der Waals surface area (Å²) in [6.07, 6.45) is 1.11. The Kier molecular flexibility index (Phi) is 4.83. The molecule has 0 nitrogen and oxygen atoms in total. The van der Waals surface area contributed by atoms with Crippen LogP contribution in [0.1, 0.15) is 12.5 Å². The fraction of sp³-hybridized carbons (Fsp3) is 0.100. The average molecular weight is 468 g/mol. The van der Waals surface area contributed by atoms with Gasteiger partial charge in [0.05, 0.1) is 0 Å². The molecule has 0 N–H and O–H groups in total. The standard InChI is InChI=1S/C8H9.2C6H5.Bi/c1-2-8-6-4-3-5-7-8;2*1-2-4-6-5-3-1;/h3-6H,2H2,1H3;2*1-5H;. The van der Waals surface area contributed by atoms with Crippen molar-refractivity contribution in [1.29, 1.82) is 0 Å². The van der Waals surface area contributed by atoms with E-state index < -0.39 is 21.8 Å². The van der Waals surface area contributed by atoms with E-state index in [4.69, 9.17) is 0 Å². The number of hydrogen-bond acceptors (Lipinski definition) is 0. The molecule has 3 aromatic rings. The Hall–Kier alpha value is -1.46. The molecule has 0 aromatic heterocycles. The molecule has 1 heteroatoms. The molecule has 0 aliphatic carbocycles. The van der Waals surface area contributed by atoms with Crippen molar-refractivity contribution in [2.75, 3.05) is 0 Å². The van der Waals surface area contributed by atoms with Crippen LogP contribution in [0.25, 0.3) is 0 Å². The maximum absolute atomic E-state index is 2.36. The fourth-order valence-corrected chi connectivity index (χ4v) is 12.5. The zero-order valence-corrected chi connectivity index (χ0v) is 15.7. The Morgan fingerprint density at radius 3 is 1.62 bits per heavy atom. The van der Waals surface area contributed by atoms with Crippen molar-refractivity contribution >= 4 is 31.6 Å². The molecule has 0 spiro atoms. The minimum absolute atomic E-state index is 1.11. The molecule has 0 radical (unpaired) electrons. The van der Waals surface area contributed by atoms with Crippen LogP contribution in [0, 0.1) is 0 Å². The van der Waals surface area contributed by atoms with Crippen LogP contribution >= 0.6 is 0 Å². The first kappa shape index (κ1) is 14.5. The van der Waals surface area contributed by atoms with E-state index in [9.17, 15) is 0 Å². The molecule has 3 aromatic carbocycles. The first-order chi connectivity index (χ1) is 10.4. The Morgan fingerprint density at radius 1 is 0.619 bits per heavy atom. The van der Waals surface area contributed by atoms with E-state index in [1.54, 1.807) is 9.81 Å². The topological polar surface area (TPSA) is 0 Å². The molecule has 0 aliphatic rings. The Labute approximate surface area is 135 Å². The van der Waals surface area contributed by atoms with Crippen LogP contribution in [0.3, 0.4) is 0 Å². The molecule has 0 bridgehead atoms. The molecule has 0 fully saturated rings. The fourth-order valence-electron chi connectivity index (χ4n) is 2.61. The van der Waals surface area contributed by atoms with E-state index in [1.165, 1.54) is 5.56 Å². The number of hydrogen-bond donors (Lipinski definition) is 0. The molecule has 0 aliphatic heterocycles. The third kappa shape index (κ3) is 3.25. The van der Waals surface area contributed by atoms with E-state index in [-0.39, 0.29) is 0 Å². The maximum atomic E-state index is 2.36. The van der Waals surface area contributed by atoms with Gasteiger partial charge < -0.3 is 0 Å². The SMILES string of the molecule is CCc1cccc[c]1[Bi]([c]1ccccc1)[c]1ccccc1.